The molecule has 17 heavy (non-hydrogen) atoms. The van der Waals surface area contributed by atoms with Crippen molar-refractivity contribution in [3.05, 3.63) is 54.6 Å². The standard InChI is InChI=1S/C13H14N2O2/c1-3-15-9-8-14-13(15)12(16)10-4-6-11(17-2)7-5-10/h3-9,12,16H,1H2,2H3/t12-/m0/s1. The fourth-order valence-corrected chi connectivity index (χ4v) is 1.63. The van der Waals surface area contributed by atoms with Crippen LogP contribution in [0.4, 0.5) is 0 Å². The Morgan fingerprint density at radius 2 is 2.12 bits per heavy atom. The Morgan fingerprint density at radius 3 is 2.71 bits per heavy atom. The molecule has 0 unspecified atom stereocenters. The molecule has 1 aromatic carbocycles. The van der Waals surface area contributed by atoms with Crippen LogP contribution in [0.1, 0.15) is 17.5 Å². The third-order valence-corrected chi connectivity index (χ3v) is 2.57. The summed E-state index contributed by atoms with van der Waals surface area (Å²) in [5, 5.41) is 10.2. The molecule has 0 saturated heterocycles. The first-order valence-electron chi connectivity index (χ1n) is 5.23. The summed E-state index contributed by atoms with van der Waals surface area (Å²) in [4.78, 5) is 4.12. The molecule has 4 heteroatoms. The summed E-state index contributed by atoms with van der Waals surface area (Å²) in [6, 6.07) is 7.23. The van der Waals surface area contributed by atoms with Gasteiger partial charge in [0.2, 0.25) is 0 Å². The van der Waals surface area contributed by atoms with Crippen LogP contribution in [-0.4, -0.2) is 21.8 Å². The van der Waals surface area contributed by atoms with Crippen LogP contribution in [0.25, 0.3) is 6.20 Å². The van der Waals surface area contributed by atoms with Gasteiger partial charge in [0.25, 0.3) is 0 Å². The largest absolute Gasteiger partial charge is 0.497 e. The van der Waals surface area contributed by atoms with E-state index in [0.29, 0.717) is 5.82 Å². The van der Waals surface area contributed by atoms with Crippen LogP contribution in [0, 0.1) is 0 Å². The molecule has 0 saturated carbocycles. The van der Waals surface area contributed by atoms with E-state index in [1.54, 1.807) is 42.4 Å². The zero-order chi connectivity index (χ0) is 12.3. The van der Waals surface area contributed by atoms with E-state index in [2.05, 4.69) is 11.6 Å². The lowest BCUT2D eigenvalue weighted by molar-refractivity contribution is 0.208. The van der Waals surface area contributed by atoms with Crippen LogP contribution in [0.15, 0.2) is 43.2 Å². The van der Waals surface area contributed by atoms with E-state index >= 15 is 0 Å². The summed E-state index contributed by atoms with van der Waals surface area (Å²) < 4.78 is 6.76. The van der Waals surface area contributed by atoms with Gasteiger partial charge in [-0.2, -0.15) is 0 Å². The predicted octanol–water partition coefficient (Wildman–Crippen LogP) is 2.07. The van der Waals surface area contributed by atoms with Gasteiger partial charge >= 0.3 is 0 Å². The zero-order valence-electron chi connectivity index (χ0n) is 9.58. The molecule has 0 radical (unpaired) electrons. The van der Waals surface area contributed by atoms with Crippen LogP contribution in [0.3, 0.4) is 0 Å². The van der Waals surface area contributed by atoms with Crippen molar-refractivity contribution < 1.29 is 9.84 Å². The van der Waals surface area contributed by atoms with Crippen molar-refractivity contribution in [3.63, 3.8) is 0 Å². The molecule has 0 amide bonds. The number of aliphatic hydroxyl groups is 1. The molecule has 0 aliphatic heterocycles. The van der Waals surface area contributed by atoms with Gasteiger partial charge in [0.15, 0.2) is 0 Å². The summed E-state index contributed by atoms with van der Waals surface area (Å²) >= 11 is 0. The predicted molar refractivity (Wildman–Crippen MR) is 65.7 cm³/mol. The highest BCUT2D eigenvalue weighted by atomic mass is 16.5. The molecule has 1 aromatic heterocycles. The number of hydrogen-bond acceptors (Lipinski definition) is 3. The minimum Gasteiger partial charge on any atom is -0.497 e. The average Bonchev–Trinajstić information content (AvgIpc) is 2.86. The van der Waals surface area contributed by atoms with Crippen molar-refractivity contribution in [2.24, 2.45) is 0 Å². The highest BCUT2D eigenvalue weighted by Crippen LogP contribution is 2.22. The molecular weight excluding hydrogens is 216 g/mol. The van der Waals surface area contributed by atoms with Crippen molar-refractivity contribution in [3.8, 4) is 5.75 Å². The fourth-order valence-electron chi connectivity index (χ4n) is 1.63. The Hall–Kier alpha value is -2.07. The van der Waals surface area contributed by atoms with Crippen molar-refractivity contribution in [1.82, 2.24) is 9.55 Å². The Labute approximate surface area is 99.8 Å². The second-order valence-corrected chi connectivity index (χ2v) is 3.55. The van der Waals surface area contributed by atoms with E-state index in [1.165, 1.54) is 0 Å². The SMILES string of the molecule is C=Cn1ccnc1[C@@H](O)c1ccc(OC)cc1. The summed E-state index contributed by atoms with van der Waals surface area (Å²) in [6.45, 7) is 3.66. The van der Waals surface area contributed by atoms with Gasteiger partial charge in [-0.3, -0.25) is 0 Å². The number of nitrogens with zero attached hydrogens (tertiary/aromatic N) is 2. The normalized spacial score (nSPS) is 12.1. The lowest BCUT2D eigenvalue weighted by Gasteiger charge is -2.11. The third kappa shape index (κ3) is 2.21. The van der Waals surface area contributed by atoms with Gasteiger partial charge in [-0.15, -0.1) is 0 Å². The van der Waals surface area contributed by atoms with E-state index in [4.69, 9.17) is 4.74 Å². The van der Waals surface area contributed by atoms with E-state index < -0.39 is 6.10 Å². The number of aromatic nitrogens is 2. The molecule has 1 atom stereocenters. The second kappa shape index (κ2) is 4.84. The highest BCUT2D eigenvalue weighted by Gasteiger charge is 2.15. The summed E-state index contributed by atoms with van der Waals surface area (Å²) in [7, 11) is 1.61. The van der Waals surface area contributed by atoms with Crippen molar-refractivity contribution >= 4 is 6.20 Å². The van der Waals surface area contributed by atoms with Crippen LogP contribution < -0.4 is 4.74 Å². The van der Waals surface area contributed by atoms with Crippen molar-refractivity contribution in [1.29, 1.82) is 0 Å². The second-order valence-electron chi connectivity index (χ2n) is 3.55. The molecule has 0 bridgehead atoms. The Bertz CT molecular complexity index is 502. The molecule has 2 aromatic rings. The summed E-state index contributed by atoms with van der Waals surface area (Å²) in [5.74, 6) is 1.30. The smallest absolute Gasteiger partial charge is 0.146 e. The van der Waals surface area contributed by atoms with Gasteiger partial charge in [-0.1, -0.05) is 18.7 Å². The number of ether oxygens (including phenoxy) is 1. The monoisotopic (exact) mass is 230 g/mol. The van der Waals surface area contributed by atoms with Gasteiger partial charge in [-0.25, -0.2) is 4.98 Å². The third-order valence-electron chi connectivity index (χ3n) is 2.57. The topological polar surface area (TPSA) is 47.3 Å². The Balaban J connectivity index is 2.30. The van der Waals surface area contributed by atoms with E-state index in [9.17, 15) is 5.11 Å². The molecule has 1 heterocycles. The molecule has 1 N–H and O–H groups in total. The minimum absolute atomic E-state index is 0.546. The lowest BCUT2D eigenvalue weighted by atomic mass is 10.1. The van der Waals surface area contributed by atoms with Gasteiger partial charge in [0.1, 0.15) is 17.7 Å². The summed E-state index contributed by atoms with van der Waals surface area (Å²) in [5.41, 5.74) is 0.764. The van der Waals surface area contributed by atoms with Gasteiger partial charge < -0.3 is 14.4 Å². The Kier molecular flexibility index (Phi) is 3.25. The van der Waals surface area contributed by atoms with Crippen LogP contribution in [0.5, 0.6) is 5.75 Å². The molecule has 0 aliphatic carbocycles. The van der Waals surface area contributed by atoms with Gasteiger partial charge in [-0.05, 0) is 17.7 Å². The number of rotatable bonds is 4. The molecule has 88 valence electrons. The average molecular weight is 230 g/mol. The number of aliphatic hydroxyl groups excluding tert-OH is 1. The first kappa shape index (κ1) is 11.4. The number of imidazole rings is 1. The van der Waals surface area contributed by atoms with E-state index in [-0.39, 0.29) is 0 Å². The quantitative estimate of drug-likeness (QED) is 0.874. The first-order valence-corrected chi connectivity index (χ1v) is 5.23. The van der Waals surface area contributed by atoms with Gasteiger partial charge in [0.05, 0.1) is 7.11 Å². The number of benzene rings is 1. The van der Waals surface area contributed by atoms with Crippen LogP contribution >= 0.6 is 0 Å². The molecule has 0 aliphatic rings. The molecule has 2 rings (SSSR count). The highest BCUT2D eigenvalue weighted by molar-refractivity contribution is 5.32. The first-order chi connectivity index (χ1) is 8.26. The zero-order valence-corrected chi connectivity index (χ0v) is 9.58. The molecule has 4 nitrogen and oxygen atoms in total. The van der Waals surface area contributed by atoms with Crippen molar-refractivity contribution in [2.45, 2.75) is 6.10 Å². The molecular formula is C13H14N2O2. The van der Waals surface area contributed by atoms with E-state index in [0.717, 1.165) is 11.3 Å². The maximum Gasteiger partial charge on any atom is 0.146 e. The van der Waals surface area contributed by atoms with Crippen LogP contribution in [-0.2, 0) is 0 Å². The van der Waals surface area contributed by atoms with Crippen LogP contribution in [0.2, 0.25) is 0 Å². The maximum atomic E-state index is 10.2. The maximum absolute atomic E-state index is 10.2. The lowest BCUT2D eigenvalue weighted by Crippen LogP contribution is -2.06. The summed E-state index contributed by atoms with van der Waals surface area (Å²) in [6.07, 6.45) is 4.21. The van der Waals surface area contributed by atoms with Gasteiger partial charge in [0, 0.05) is 18.6 Å². The molecule has 0 spiro atoms. The van der Waals surface area contributed by atoms with E-state index in [1.807, 2.05) is 12.1 Å². The minimum atomic E-state index is -0.770. The Morgan fingerprint density at radius 1 is 1.41 bits per heavy atom. The number of methoxy groups -OCH3 is 1. The van der Waals surface area contributed by atoms with Crippen molar-refractivity contribution in [2.75, 3.05) is 7.11 Å². The molecule has 0 fully saturated rings. The number of hydrogen-bond donors (Lipinski definition) is 1. The fraction of sp³-hybridized carbons (Fsp3) is 0.154.